The van der Waals surface area contributed by atoms with Gasteiger partial charge < -0.3 is 15.7 Å². The fourth-order valence-corrected chi connectivity index (χ4v) is 1.99. The minimum absolute atomic E-state index is 0.167. The van der Waals surface area contributed by atoms with Gasteiger partial charge in [0.2, 0.25) is 0 Å². The lowest BCUT2D eigenvalue weighted by molar-refractivity contribution is 0.0953. The lowest BCUT2D eigenvalue weighted by Gasteiger charge is -2.14. The van der Waals surface area contributed by atoms with Gasteiger partial charge >= 0.3 is 0 Å². The smallest absolute Gasteiger partial charge is 0.251 e. The van der Waals surface area contributed by atoms with Crippen LogP contribution in [0.25, 0.3) is 0 Å². The second-order valence-electron chi connectivity index (χ2n) is 4.44. The number of carbonyl (C=O) groups is 1. The Labute approximate surface area is 110 Å². The van der Waals surface area contributed by atoms with E-state index in [9.17, 15) is 14.7 Å². The molecule has 6 heteroatoms. The number of aromatic amines is 1. The monoisotopic (exact) mass is 263 g/mol. The number of carbonyl (C=O) groups excluding carboxylic acids is 1. The van der Waals surface area contributed by atoms with Crippen molar-refractivity contribution in [3.05, 3.63) is 39.7 Å². The Morgan fingerprint density at radius 3 is 2.95 bits per heavy atom. The maximum absolute atomic E-state index is 11.8. The summed E-state index contributed by atoms with van der Waals surface area (Å²) >= 11 is 0. The van der Waals surface area contributed by atoms with Crippen LogP contribution in [-0.2, 0) is 0 Å². The van der Waals surface area contributed by atoms with Crippen LogP contribution >= 0.6 is 0 Å². The molecule has 0 saturated heterocycles. The molecule has 0 fully saturated rings. The number of hydrogen-bond donors (Lipinski definition) is 4. The van der Waals surface area contributed by atoms with E-state index in [1.807, 2.05) is 0 Å². The van der Waals surface area contributed by atoms with Crippen LogP contribution in [0.5, 0.6) is 5.88 Å². The molecule has 19 heavy (non-hydrogen) atoms. The van der Waals surface area contributed by atoms with Crippen molar-refractivity contribution in [2.75, 3.05) is 19.6 Å². The first-order valence-electron chi connectivity index (χ1n) is 6.25. The molecule has 0 bridgehead atoms. The number of rotatable bonds is 4. The van der Waals surface area contributed by atoms with Crippen LogP contribution in [0.3, 0.4) is 0 Å². The van der Waals surface area contributed by atoms with Crippen LogP contribution in [0.1, 0.15) is 23.2 Å². The Morgan fingerprint density at radius 2 is 2.26 bits per heavy atom. The van der Waals surface area contributed by atoms with Crippen molar-refractivity contribution >= 4 is 5.91 Å². The van der Waals surface area contributed by atoms with Crippen LogP contribution in [0.4, 0.5) is 0 Å². The lowest BCUT2D eigenvalue weighted by Crippen LogP contribution is -2.27. The zero-order chi connectivity index (χ0) is 13.7. The Hall–Kier alpha value is -2.08. The SMILES string of the molecule is O=C(NCCC1=CCNCC1)c1cc(O)[nH]c(=O)c1. The third-order valence-corrected chi connectivity index (χ3v) is 2.98. The molecule has 0 saturated carbocycles. The van der Waals surface area contributed by atoms with Crippen LogP contribution in [0.15, 0.2) is 28.6 Å². The second kappa shape index (κ2) is 6.19. The van der Waals surface area contributed by atoms with Gasteiger partial charge in [-0.3, -0.25) is 14.6 Å². The molecular weight excluding hydrogens is 246 g/mol. The molecule has 0 radical (unpaired) electrons. The lowest BCUT2D eigenvalue weighted by atomic mass is 10.1. The van der Waals surface area contributed by atoms with E-state index in [0.717, 1.165) is 25.9 Å². The highest BCUT2D eigenvalue weighted by Gasteiger charge is 2.08. The van der Waals surface area contributed by atoms with E-state index in [2.05, 4.69) is 21.7 Å². The number of pyridine rings is 1. The standard InChI is InChI=1S/C13H17N3O3/c17-11-7-10(8-12(18)16-11)13(19)15-6-3-9-1-4-14-5-2-9/h1,7-8,14H,2-6H2,(H,15,19)(H2,16,17,18). The molecule has 0 aliphatic carbocycles. The Bertz CT molecular complexity index is 548. The van der Waals surface area contributed by atoms with Gasteiger partial charge in [-0.1, -0.05) is 11.6 Å². The summed E-state index contributed by atoms with van der Waals surface area (Å²) in [5, 5.41) is 15.2. The predicted octanol–water partition coefficient (Wildman–Crippen LogP) is 0.120. The molecule has 4 N–H and O–H groups in total. The topological polar surface area (TPSA) is 94.2 Å². The number of aromatic nitrogens is 1. The average molecular weight is 263 g/mol. The number of hydrogen-bond acceptors (Lipinski definition) is 4. The third-order valence-electron chi connectivity index (χ3n) is 2.98. The minimum Gasteiger partial charge on any atom is -0.494 e. The molecule has 1 aromatic rings. The van der Waals surface area contributed by atoms with Gasteiger partial charge in [-0.15, -0.1) is 0 Å². The molecule has 0 atom stereocenters. The van der Waals surface area contributed by atoms with E-state index < -0.39 is 5.56 Å². The normalized spacial score (nSPS) is 14.8. The maximum Gasteiger partial charge on any atom is 0.251 e. The molecule has 1 amide bonds. The van der Waals surface area contributed by atoms with Crippen molar-refractivity contribution in [3.8, 4) is 5.88 Å². The van der Waals surface area contributed by atoms with E-state index in [1.165, 1.54) is 17.7 Å². The summed E-state index contributed by atoms with van der Waals surface area (Å²) in [7, 11) is 0. The van der Waals surface area contributed by atoms with Crippen molar-refractivity contribution in [2.45, 2.75) is 12.8 Å². The van der Waals surface area contributed by atoms with Crippen molar-refractivity contribution < 1.29 is 9.90 Å². The Balaban J connectivity index is 1.87. The fraction of sp³-hybridized carbons (Fsp3) is 0.385. The highest BCUT2D eigenvalue weighted by molar-refractivity contribution is 5.94. The summed E-state index contributed by atoms with van der Waals surface area (Å²) in [6.07, 6.45) is 3.94. The van der Waals surface area contributed by atoms with Crippen molar-refractivity contribution in [1.29, 1.82) is 0 Å². The molecule has 2 rings (SSSR count). The zero-order valence-electron chi connectivity index (χ0n) is 10.5. The van der Waals surface area contributed by atoms with Crippen molar-refractivity contribution in [1.82, 2.24) is 15.6 Å². The highest BCUT2D eigenvalue weighted by Crippen LogP contribution is 2.08. The van der Waals surface area contributed by atoms with Crippen LogP contribution < -0.4 is 16.2 Å². The first-order chi connectivity index (χ1) is 9.15. The summed E-state index contributed by atoms with van der Waals surface area (Å²) in [4.78, 5) is 25.1. The van der Waals surface area contributed by atoms with Crippen LogP contribution in [-0.4, -0.2) is 35.6 Å². The summed E-state index contributed by atoms with van der Waals surface area (Å²) in [6.45, 7) is 2.38. The van der Waals surface area contributed by atoms with Crippen LogP contribution in [0.2, 0.25) is 0 Å². The maximum atomic E-state index is 11.8. The molecule has 102 valence electrons. The van der Waals surface area contributed by atoms with E-state index in [1.54, 1.807) is 0 Å². The summed E-state index contributed by atoms with van der Waals surface area (Å²) in [5.41, 5.74) is 1.000. The molecule has 1 aliphatic heterocycles. The van der Waals surface area contributed by atoms with Gasteiger partial charge in [0.25, 0.3) is 11.5 Å². The summed E-state index contributed by atoms with van der Waals surface area (Å²) < 4.78 is 0. The fourth-order valence-electron chi connectivity index (χ4n) is 1.99. The quantitative estimate of drug-likeness (QED) is 0.580. The first-order valence-corrected chi connectivity index (χ1v) is 6.25. The molecule has 1 aliphatic rings. The van der Waals surface area contributed by atoms with Gasteiger partial charge in [0.05, 0.1) is 5.56 Å². The summed E-state index contributed by atoms with van der Waals surface area (Å²) in [6, 6.07) is 2.40. The van der Waals surface area contributed by atoms with Crippen LogP contribution in [0, 0.1) is 0 Å². The Morgan fingerprint density at radius 1 is 1.42 bits per heavy atom. The first kappa shape index (κ1) is 13.4. The molecule has 1 aromatic heterocycles. The van der Waals surface area contributed by atoms with Gasteiger partial charge in [-0.05, 0) is 19.4 Å². The number of aromatic hydroxyl groups is 1. The van der Waals surface area contributed by atoms with Gasteiger partial charge in [-0.2, -0.15) is 0 Å². The second-order valence-corrected chi connectivity index (χ2v) is 4.44. The number of H-pyrrole nitrogens is 1. The van der Waals surface area contributed by atoms with Gasteiger partial charge in [0.1, 0.15) is 0 Å². The highest BCUT2D eigenvalue weighted by atomic mass is 16.3. The van der Waals surface area contributed by atoms with Gasteiger partial charge in [0, 0.05) is 25.2 Å². The number of amides is 1. The van der Waals surface area contributed by atoms with Gasteiger partial charge in [-0.25, -0.2) is 0 Å². The number of nitrogens with one attached hydrogen (secondary N) is 3. The average Bonchev–Trinajstić information content (AvgIpc) is 2.38. The summed E-state index contributed by atoms with van der Waals surface area (Å²) in [5.74, 6) is -0.658. The third kappa shape index (κ3) is 3.96. The molecule has 0 aromatic carbocycles. The minimum atomic E-state index is -0.494. The molecule has 0 spiro atoms. The predicted molar refractivity (Wildman–Crippen MR) is 71.2 cm³/mol. The van der Waals surface area contributed by atoms with Crippen molar-refractivity contribution in [2.24, 2.45) is 0 Å². The van der Waals surface area contributed by atoms with Gasteiger partial charge in [0.15, 0.2) is 5.88 Å². The molecular formula is C13H17N3O3. The Kier molecular flexibility index (Phi) is 4.35. The van der Waals surface area contributed by atoms with E-state index >= 15 is 0 Å². The molecule has 6 nitrogen and oxygen atoms in total. The zero-order valence-corrected chi connectivity index (χ0v) is 10.5. The van der Waals surface area contributed by atoms with Crippen molar-refractivity contribution in [3.63, 3.8) is 0 Å². The molecule has 2 heterocycles. The molecule has 0 unspecified atom stereocenters. The largest absolute Gasteiger partial charge is 0.494 e. The van der Waals surface area contributed by atoms with E-state index in [4.69, 9.17) is 0 Å². The van der Waals surface area contributed by atoms with E-state index in [-0.39, 0.29) is 17.4 Å². The van der Waals surface area contributed by atoms with E-state index in [0.29, 0.717) is 6.54 Å².